The van der Waals surface area contributed by atoms with Gasteiger partial charge in [-0.1, -0.05) is 117 Å². The molecule has 3 saturated heterocycles. The number of benzene rings is 1. The number of carbonyl (C=O) groups is 1. The number of aromatic nitrogens is 1. The molecule has 1 aromatic heterocycles. The number of nitrogens with zero attached hydrogens (tertiary/aromatic N) is 2. The van der Waals surface area contributed by atoms with E-state index in [2.05, 4.69) is 54.2 Å². The highest BCUT2D eigenvalue weighted by Crippen LogP contribution is 2.44. The van der Waals surface area contributed by atoms with Crippen LogP contribution in [0.25, 0.3) is 10.9 Å². The summed E-state index contributed by atoms with van der Waals surface area (Å²) in [4.78, 5) is 20.7. The number of hydrogen-bond donors (Lipinski definition) is 1. The molecule has 4 heterocycles. The Bertz CT molecular complexity index is 1430. The summed E-state index contributed by atoms with van der Waals surface area (Å²) in [6.45, 7) is 15.9. The molecular weight excluding hydrogens is 703 g/mol. The zero-order valence-electron chi connectivity index (χ0n) is 36.0. The fraction of sp³-hybridized carbons (Fsp3) is 0.787. The molecule has 3 fully saturated rings. The third kappa shape index (κ3) is 14.7. The van der Waals surface area contributed by atoms with Crippen LogP contribution in [0.15, 0.2) is 30.5 Å². The van der Waals surface area contributed by atoms with Gasteiger partial charge in [-0.25, -0.2) is 0 Å². The molecule has 4 unspecified atom stereocenters. The van der Waals surface area contributed by atoms with Gasteiger partial charge in [0.2, 0.25) is 5.91 Å². The summed E-state index contributed by atoms with van der Waals surface area (Å²) in [5.74, 6) is 2.42. The number of nitrogens with one attached hydrogen (secondary N) is 1. The third-order valence-corrected chi connectivity index (χ3v) is 14.5. The quantitative estimate of drug-likeness (QED) is 0.0909. The van der Waals surface area contributed by atoms with E-state index in [-0.39, 0.29) is 22.8 Å². The number of rotatable bonds is 27. The number of amides is 1. The first-order chi connectivity index (χ1) is 26.6. The number of methoxy groups -OCH3 is 1. The summed E-state index contributed by atoms with van der Waals surface area (Å²) in [7, 11) is 0.567. The fourth-order valence-corrected chi connectivity index (χ4v) is 10.8. The van der Waals surface area contributed by atoms with Gasteiger partial charge in [-0.3, -0.25) is 18.9 Å². The van der Waals surface area contributed by atoms with E-state index in [1.165, 1.54) is 95.7 Å². The smallest absolute Gasteiger partial charge is 0.236 e. The second-order valence-corrected chi connectivity index (χ2v) is 20.0. The van der Waals surface area contributed by atoms with Crippen LogP contribution in [-0.4, -0.2) is 68.9 Å². The van der Waals surface area contributed by atoms with E-state index in [0.29, 0.717) is 12.5 Å². The minimum absolute atomic E-state index is 0.0234. The van der Waals surface area contributed by atoms with Gasteiger partial charge in [0, 0.05) is 52.4 Å². The SMILES string of the molecule is CCCCCCCCCCC(C)S(=O)C(CCCCCCCCCO[C@H](c1ccnc2ccc(OC)cc12)[C@@H]1C[C@@H]2CCN1C[C@@H]2CC)C(=O)NC(C)(C)C. The van der Waals surface area contributed by atoms with Crippen molar-refractivity contribution < 1.29 is 18.5 Å². The largest absolute Gasteiger partial charge is 0.497 e. The second kappa shape index (κ2) is 24.0. The van der Waals surface area contributed by atoms with Crippen molar-refractivity contribution in [2.24, 2.45) is 11.8 Å². The van der Waals surface area contributed by atoms with E-state index < -0.39 is 16.0 Å². The van der Waals surface area contributed by atoms with E-state index in [4.69, 9.17) is 9.47 Å². The van der Waals surface area contributed by atoms with Crippen molar-refractivity contribution in [2.45, 2.75) is 198 Å². The Morgan fingerprint density at radius 2 is 1.58 bits per heavy atom. The molecule has 1 N–H and O–H groups in total. The summed E-state index contributed by atoms with van der Waals surface area (Å²) >= 11 is 0. The molecule has 5 rings (SSSR count). The molecule has 2 aromatic rings. The first-order valence-electron chi connectivity index (χ1n) is 22.6. The lowest BCUT2D eigenvalue weighted by atomic mass is 9.72. The van der Waals surface area contributed by atoms with E-state index >= 15 is 0 Å². The van der Waals surface area contributed by atoms with Gasteiger partial charge in [0.15, 0.2) is 0 Å². The number of hydrogen-bond acceptors (Lipinski definition) is 6. The van der Waals surface area contributed by atoms with Crippen molar-refractivity contribution in [3.8, 4) is 5.75 Å². The molecule has 1 aromatic carbocycles. The Morgan fingerprint density at radius 3 is 2.20 bits per heavy atom. The van der Waals surface area contributed by atoms with Gasteiger partial charge in [0.25, 0.3) is 0 Å². The molecule has 2 bridgehead atoms. The number of fused-ring (bicyclic) bond motifs is 4. The van der Waals surface area contributed by atoms with Crippen LogP contribution in [0.5, 0.6) is 5.75 Å². The molecule has 55 heavy (non-hydrogen) atoms. The van der Waals surface area contributed by atoms with Crippen molar-refractivity contribution in [3.63, 3.8) is 0 Å². The third-order valence-electron chi connectivity index (χ3n) is 12.4. The first kappa shape index (κ1) is 45.7. The zero-order valence-corrected chi connectivity index (χ0v) is 36.9. The second-order valence-electron chi connectivity index (χ2n) is 18.0. The highest BCUT2D eigenvalue weighted by atomic mass is 32.2. The fourth-order valence-electron chi connectivity index (χ4n) is 9.18. The molecule has 7 nitrogen and oxygen atoms in total. The lowest BCUT2D eigenvalue weighted by Crippen LogP contribution is -2.55. The van der Waals surface area contributed by atoms with E-state index in [0.717, 1.165) is 80.0 Å². The van der Waals surface area contributed by atoms with Crippen LogP contribution in [0.1, 0.15) is 182 Å². The number of piperidine rings is 3. The van der Waals surface area contributed by atoms with Gasteiger partial charge in [0.05, 0.1) is 18.7 Å². The van der Waals surface area contributed by atoms with Gasteiger partial charge in [-0.05, 0) is 101 Å². The first-order valence-corrected chi connectivity index (χ1v) is 23.8. The van der Waals surface area contributed by atoms with Gasteiger partial charge in [-0.2, -0.15) is 0 Å². The number of carbonyl (C=O) groups excluding carboxylic acids is 1. The van der Waals surface area contributed by atoms with Crippen molar-refractivity contribution in [1.29, 1.82) is 0 Å². The highest BCUT2D eigenvalue weighted by molar-refractivity contribution is 7.87. The van der Waals surface area contributed by atoms with Crippen LogP contribution >= 0.6 is 0 Å². The Hall–Kier alpha value is -2.03. The van der Waals surface area contributed by atoms with Crippen LogP contribution in [0.3, 0.4) is 0 Å². The minimum atomic E-state index is -1.16. The molecule has 3 aliphatic heterocycles. The Labute approximate surface area is 338 Å². The molecule has 1 amide bonds. The van der Waals surface area contributed by atoms with Crippen LogP contribution < -0.4 is 10.1 Å². The minimum Gasteiger partial charge on any atom is -0.497 e. The highest BCUT2D eigenvalue weighted by Gasteiger charge is 2.43. The summed E-state index contributed by atoms with van der Waals surface area (Å²) < 4.78 is 26.2. The average molecular weight is 782 g/mol. The van der Waals surface area contributed by atoms with Crippen molar-refractivity contribution in [3.05, 3.63) is 36.0 Å². The molecule has 312 valence electrons. The maximum absolute atomic E-state index is 13.7. The number of pyridine rings is 1. The molecule has 8 heteroatoms. The maximum Gasteiger partial charge on any atom is 0.236 e. The van der Waals surface area contributed by atoms with Crippen LogP contribution in [0, 0.1) is 11.8 Å². The van der Waals surface area contributed by atoms with Crippen molar-refractivity contribution in [1.82, 2.24) is 15.2 Å². The Balaban J connectivity index is 1.21. The Morgan fingerprint density at radius 1 is 0.927 bits per heavy atom. The molecule has 0 saturated carbocycles. The van der Waals surface area contributed by atoms with Crippen molar-refractivity contribution in [2.75, 3.05) is 26.8 Å². The Kier molecular flexibility index (Phi) is 19.9. The van der Waals surface area contributed by atoms with E-state index in [1.807, 2.05) is 33.0 Å². The molecular formula is C47H79N3O4S. The van der Waals surface area contributed by atoms with Crippen molar-refractivity contribution >= 4 is 27.6 Å². The summed E-state index contributed by atoms with van der Waals surface area (Å²) in [5.41, 5.74) is 1.91. The van der Waals surface area contributed by atoms with Gasteiger partial charge in [-0.15, -0.1) is 0 Å². The van der Waals surface area contributed by atoms with Gasteiger partial charge >= 0.3 is 0 Å². The van der Waals surface area contributed by atoms with Crippen LogP contribution in [-0.2, 0) is 20.3 Å². The summed E-state index contributed by atoms with van der Waals surface area (Å²) in [6.07, 6.45) is 25.4. The van der Waals surface area contributed by atoms with E-state index in [1.54, 1.807) is 7.11 Å². The predicted molar refractivity (Wildman–Crippen MR) is 232 cm³/mol. The normalized spacial score (nSPS) is 22.0. The number of unbranched alkanes of at least 4 members (excludes halogenated alkanes) is 13. The summed E-state index contributed by atoms with van der Waals surface area (Å²) in [5, 5.41) is 3.92. The van der Waals surface area contributed by atoms with Gasteiger partial charge in [0.1, 0.15) is 11.0 Å². The molecule has 3 aliphatic rings. The van der Waals surface area contributed by atoms with Crippen LogP contribution in [0.2, 0.25) is 0 Å². The molecule has 8 atom stereocenters. The topological polar surface area (TPSA) is 80.8 Å². The predicted octanol–water partition coefficient (Wildman–Crippen LogP) is 11.5. The standard InChI is InChI=1S/C47H79N3O4S/c1-8-10-11-12-13-15-18-21-24-36(3)55(52)44(46(51)49-47(4,5)6)25-22-19-16-14-17-20-23-32-54-45(43-33-38-29-31-50(43)35-37(38)9-2)40-28-30-48-42-27-26-39(53-7)34-41(40)42/h26-28,30,34,36-38,43-45H,8-25,29,31-33,35H2,1-7H3,(H,49,51)/t36?,37-,38-,43-,44?,45+,55?/m0/s1. The van der Waals surface area contributed by atoms with Gasteiger partial charge < -0.3 is 14.8 Å². The van der Waals surface area contributed by atoms with Crippen LogP contribution in [0.4, 0.5) is 0 Å². The maximum atomic E-state index is 13.7. The molecule has 0 radical (unpaired) electrons. The zero-order chi connectivity index (χ0) is 39.6. The lowest BCUT2D eigenvalue weighted by Gasteiger charge is -2.52. The van der Waals surface area contributed by atoms with E-state index in [9.17, 15) is 9.00 Å². The number of ether oxygens (including phenoxy) is 2. The summed E-state index contributed by atoms with van der Waals surface area (Å²) in [6, 6.07) is 8.77. The average Bonchev–Trinajstić information content (AvgIpc) is 3.18. The monoisotopic (exact) mass is 782 g/mol. The molecule has 0 spiro atoms. The molecule has 0 aliphatic carbocycles. The lowest BCUT2D eigenvalue weighted by molar-refractivity contribution is -0.122.